The Morgan fingerprint density at radius 3 is 2.43 bits per heavy atom. The van der Waals surface area contributed by atoms with E-state index >= 15 is 0 Å². The lowest BCUT2D eigenvalue weighted by atomic mass is 10.1. The average Bonchev–Trinajstić information content (AvgIpc) is 2.47. The predicted molar refractivity (Wildman–Crippen MR) is 78.1 cm³/mol. The molecule has 0 bridgehead atoms. The van der Waals surface area contributed by atoms with Crippen LogP contribution in [0.2, 0.25) is 0 Å². The number of rotatable bonds is 7. The highest BCUT2D eigenvalue weighted by atomic mass is 32.2. The van der Waals surface area contributed by atoms with E-state index in [0.29, 0.717) is 32.4 Å². The Morgan fingerprint density at radius 1 is 1.29 bits per heavy atom. The molecule has 1 fully saturated rings. The van der Waals surface area contributed by atoms with E-state index in [4.69, 9.17) is 0 Å². The van der Waals surface area contributed by atoms with Gasteiger partial charge in [-0.1, -0.05) is 6.92 Å². The van der Waals surface area contributed by atoms with E-state index in [-0.39, 0.29) is 30.5 Å². The van der Waals surface area contributed by atoms with Crippen molar-refractivity contribution < 1.29 is 22.7 Å². The number of esters is 1. The summed E-state index contributed by atoms with van der Waals surface area (Å²) in [6.45, 7) is 2.61. The lowest BCUT2D eigenvalue weighted by Crippen LogP contribution is -2.46. The third-order valence-electron chi connectivity index (χ3n) is 3.54. The van der Waals surface area contributed by atoms with Crippen molar-refractivity contribution in [3.63, 3.8) is 0 Å². The van der Waals surface area contributed by atoms with Crippen molar-refractivity contribution in [1.82, 2.24) is 9.62 Å². The van der Waals surface area contributed by atoms with E-state index in [1.165, 1.54) is 11.4 Å². The van der Waals surface area contributed by atoms with Crippen LogP contribution in [0.3, 0.4) is 0 Å². The molecule has 1 saturated heterocycles. The first-order valence-corrected chi connectivity index (χ1v) is 8.84. The summed E-state index contributed by atoms with van der Waals surface area (Å²) >= 11 is 0. The summed E-state index contributed by atoms with van der Waals surface area (Å²) in [7, 11) is -2.05. The Labute approximate surface area is 126 Å². The first kappa shape index (κ1) is 17.9. The molecule has 21 heavy (non-hydrogen) atoms. The number of carbonyl (C=O) groups is 2. The zero-order valence-corrected chi connectivity index (χ0v) is 13.4. The zero-order chi connectivity index (χ0) is 15.9. The molecule has 1 rings (SSSR count). The second kappa shape index (κ2) is 8.33. The predicted octanol–water partition coefficient (Wildman–Crippen LogP) is 0.260. The molecule has 0 radical (unpaired) electrons. The summed E-state index contributed by atoms with van der Waals surface area (Å²) in [6.07, 6.45) is 2.07. The lowest BCUT2D eigenvalue weighted by molar-refractivity contribution is -0.140. The topological polar surface area (TPSA) is 92.8 Å². The molecule has 1 aliphatic rings. The highest BCUT2D eigenvalue weighted by Gasteiger charge is 2.28. The average molecular weight is 320 g/mol. The monoisotopic (exact) mass is 320 g/mol. The SMILES string of the molecule is CCC(=O)NC1CCN(S(=O)(=O)CCCC(=O)OC)CC1. The maximum atomic E-state index is 12.1. The van der Waals surface area contributed by atoms with Gasteiger partial charge in [0, 0.05) is 32.0 Å². The number of amides is 1. The van der Waals surface area contributed by atoms with Gasteiger partial charge in [-0.2, -0.15) is 0 Å². The number of ether oxygens (including phenoxy) is 1. The van der Waals surface area contributed by atoms with Gasteiger partial charge in [0.25, 0.3) is 0 Å². The fourth-order valence-corrected chi connectivity index (χ4v) is 3.77. The van der Waals surface area contributed by atoms with Crippen LogP contribution in [-0.4, -0.2) is 56.6 Å². The second-order valence-electron chi connectivity index (χ2n) is 5.09. The smallest absolute Gasteiger partial charge is 0.305 e. The maximum absolute atomic E-state index is 12.1. The molecule has 0 aromatic heterocycles. The molecule has 122 valence electrons. The van der Waals surface area contributed by atoms with E-state index in [9.17, 15) is 18.0 Å². The molecular weight excluding hydrogens is 296 g/mol. The number of piperidine rings is 1. The van der Waals surface area contributed by atoms with Gasteiger partial charge in [0.1, 0.15) is 0 Å². The zero-order valence-electron chi connectivity index (χ0n) is 12.6. The first-order valence-electron chi connectivity index (χ1n) is 7.23. The molecular formula is C13H24N2O5S. The van der Waals surface area contributed by atoms with Crippen LogP contribution in [0.1, 0.15) is 39.0 Å². The number of sulfonamides is 1. The molecule has 0 spiro atoms. The summed E-state index contributed by atoms with van der Waals surface area (Å²) in [5, 5.41) is 2.88. The Hall–Kier alpha value is -1.15. The highest BCUT2D eigenvalue weighted by molar-refractivity contribution is 7.89. The number of carbonyl (C=O) groups excluding carboxylic acids is 2. The van der Waals surface area contributed by atoms with Gasteiger partial charge < -0.3 is 10.1 Å². The minimum Gasteiger partial charge on any atom is -0.469 e. The summed E-state index contributed by atoms with van der Waals surface area (Å²) in [4.78, 5) is 22.3. The molecule has 0 aromatic carbocycles. The van der Waals surface area contributed by atoms with Crippen molar-refractivity contribution >= 4 is 21.9 Å². The van der Waals surface area contributed by atoms with Gasteiger partial charge in [-0.15, -0.1) is 0 Å². The number of nitrogens with one attached hydrogen (secondary N) is 1. The molecule has 0 saturated carbocycles. The van der Waals surface area contributed by atoms with Crippen molar-refractivity contribution in [2.24, 2.45) is 0 Å². The first-order chi connectivity index (χ1) is 9.89. The van der Waals surface area contributed by atoms with Crippen molar-refractivity contribution in [2.75, 3.05) is 26.0 Å². The number of methoxy groups -OCH3 is 1. The van der Waals surface area contributed by atoms with E-state index in [1.54, 1.807) is 6.92 Å². The third-order valence-corrected chi connectivity index (χ3v) is 5.50. The Balaban J connectivity index is 2.38. The third kappa shape index (κ3) is 6.01. The Bertz CT molecular complexity index is 455. The molecule has 0 aliphatic carbocycles. The van der Waals surface area contributed by atoms with Crippen LogP contribution in [0.15, 0.2) is 0 Å². The van der Waals surface area contributed by atoms with Gasteiger partial charge in [-0.3, -0.25) is 9.59 Å². The molecule has 1 N–H and O–H groups in total. The number of hydrogen-bond acceptors (Lipinski definition) is 5. The molecule has 7 nitrogen and oxygen atoms in total. The van der Waals surface area contributed by atoms with E-state index < -0.39 is 16.0 Å². The van der Waals surface area contributed by atoms with Gasteiger partial charge in [0.05, 0.1) is 12.9 Å². The van der Waals surface area contributed by atoms with Crippen LogP contribution in [-0.2, 0) is 24.3 Å². The van der Waals surface area contributed by atoms with Crippen LogP contribution >= 0.6 is 0 Å². The van der Waals surface area contributed by atoms with Crippen molar-refractivity contribution in [2.45, 2.75) is 45.1 Å². The second-order valence-corrected chi connectivity index (χ2v) is 7.18. The molecule has 0 unspecified atom stereocenters. The van der Waals surface area contributed by atoms with Gasteiger partial charge in [-0.25, -0.2) is 12.7 Å². The van der Waals surface area contributed by atoms with Gasteiger partial charge in [0.2, 0.25) is 15.9 Å². The molecule has 0 atom stereocenters. The van der Waals surface area contributed by atoms with E-state index in [2.05, 4.69) is 10.1 Å². The molecule has 1 amide bonds. The molecule has 0 aromatic rings. The molecule has 8 heteroatoms. The van der Waals surface area contributed by atoms with Crippen LogP contribution in [0, 0.1) is 0 Å². The van der Waals surface area contributed by atoms with Crippen LogP contribution in [0.5, 0.6) is 0 Å². The molecule has 1 aliphatic heterocycles. The normalized spacial score (nSPS) is 17.4. The largest absolute Gasteiger partial charge is 0.469 e. The van der Waals surface area contributed by atoms with Crippen LogP contribution in [0.25, 0.3) is 0 Å². The van der Waals surface area contributed by atoms with Gasteiger partial charge in [-0.05, 0) is 19.3 Å². The van der Waals surface area contributed by atoms with Crippen molar-refractivity contribution in [3.8, 4) is 0 Å². The maximum Gasteiger partial charge on any atom is 0.305 e. The van der Waals surface area contributed by atoms with Gasteiger partial charge >= 0.3 is 5.97 Å². The standard InChI is InChI=1S/C13H24N2O5S/c1-3-12(16)14-11-6-8-15(9-7-11)21(18,19)10-4-5-13(17)20-2/h11H,3-10H2,1-2H3,(H,14,16). The number of hydrogen-bond donors (Lipinski definition) is 1. The van der Waals surface area contributed by atoms with Crippen molar-refractivity contribution in [3.05, 3.63) is 0 Å². The Kier molecular flexibility index (Phi) is 7.10. The van der Waals surface area contributed by atoms with E-state index in [0.717, 1.165) is 0 Å². The highest BCUT2D eigenvalue weighted by Crippen LogP contribution is 2.15. The quantitative estimate of drug-likeness (QED) is 0.679. The fourth-order valence-electron chi connectivity index (χ4n) is 2.24. The number of nitrogens with zero attached hydrogens (tertiary/aromatic N) is 1. The summed E-state index contributed by atoms with van der Waals surface area (Å²) in [6, 6.07) is 0.0546. The fraction of sp³-hybridized carbons (Fsp3) is 0.846. The minimum absolute atomic E-state index is 0.00520. The van der Waals surface area contributed by atoms with Crippen LogP contribution < -0.4 is 5.32 Å². The van der Waals surface area contributed by atoms with Gasteiger partial charge in [0.15, 0.2) is 0 Å². The lowest BCUT2D eigenvalue weighted by Gasteiger charge is -2.31. The molecule has 1 heterocycles. The summed E-state index contributed by atoms with van der Waals surface area (Å²) < 4.78 is 30.2. The summed E-state index contributed by atoms with van der Waals surface area (Å²) in [5.41, 5.74) is 0. The van der Waals surface area contributed by atoms with Crippen LogP contribution in [0.4, 0.5) is 0 Å². The minimum atomic E-state index is -3.33. The Morgan fingerprint density at radius 2 is 1.90 bits per heavy atom. The van der Waals surface area contributed by atoms with Crippen molar-refractivity contribution in [1.29, 1.82) is 0 Å². The van der Waals surface area contributed by atoms with E-state index in [1.807, 2.05) is 0 Å². The summed E-state index contributed by atoms with van der Waals surface area (Å²) in [5.74, 6) is -0.450.